The summed E-state index contributed by atoms with van der Waals surface area (Å²) in [7, 11) is -9.09. The summed E-state index contributed by atoms with van der Waals surface area (Å²) in [6.07, 6.45) is 0. The number of carbonyl (C=O) groups is 3. The molecule has 0 saturated heterocycles. The molecule has 52 heavy (non-hydrogen) atoms. The van der Waals surface area contributed by atoms with E-state index in [1.165, 1.54) is 84.9 Å². The van der Waals surface area contributed by atoms with Crippen LogP contribution in [0.1, 0.15) is 20.7 Å². The number of aromatic hydroxyl groups is 2. The molecule has 6 aromatic carbocycles. The Morgan fingerprint density at radius 3 is 1.15 bits per heavy atom. The van der Waals surface area contributed by atoms with Gasteiger partial charge in [0.05, 0.1) is 9.79 Å². The molecule has 8 N–H and O–H groups in total. The zero-order valence-electron chi connectivity index (χ0n) is 26.4. The number of phenolic OH excluding ortho intramolecular Hbond substituents is 2. The minimum atomic E-state index is -4.54. The van der Waals surface area contributed by atoms with Crippen LogP contribution in [0.2, 0.25) is 0 Å². The monoisotopic (exact) mass is 742 g/mol. The summed E-state index contributed by atoms with van der Waals surface area (Å²) in [5.41, 5.74) is 1.39. The second kappa shape index (κ2) is 13.6. The molecule has 0 aliphatic rings. The van der Waals surface area contributed by atoms with Crippen molar-refractivity contribution in [2.45, 2.75) is 9.79 Å². The normalized spacial score (nSPS) is 11.6. The summed E-state index contributed by atoms with van der Waals surface area (Å²) in [4.78, 5) is 37.8. The third-order valence-electron chi connectivity index (χ3n) is 7.83. The van der Waals surface area contributed by atoms with Crippen molar-refractivity contribution in [2.24, 2.45) is 0 Å². The van der Waals surface area contributed by atoms with E-state index in [9.17, 15) is 50.5 Å². The van der Waals surface area contributed by atoms with E-state index in [4.69, 9.17) is 0 Å². The second-order valence-corrected chi connectivity index (χ2v) is 14.1. The van der Waals surface area contributed by atoms with Crippen LogP contribution in [0.3, 0.4) is 0 Å². The molecule has 0 fully saturated rings. The predicted molar refractivity (Wildman–Crippen MR) is 192 cm³/mol. The zero-order chi connectivity index (χ0) is 37.4. The molecule has 0 spiro atoms. The number of urea groups is 1. The lowest BCUT2D eigenvalue weighted by Gasteiger charge is -2.12. The standard InChI is InChI=1S/C35H26N4O11S2/c40-31-15-13-29(27-17-23(51(45,46)47)9-11-25(27)31)38-33(42)19-1-5-21(6-2-19)36-35(44)37-22-7-3-20(4-8-22)34(43)39-30-14-16-32(41)26-12-10-24(18-28(26)30)52(48,49)50/h1-18,40-41H,(H,38,42)(H,39,43)(H2,36,37,44)(H,45,46,47)(H,48,49,50). The summed E-state index contributed by atoms with van der Waals surface area (Å²) in [6.45, 7) is 0. The smallest absolute Gasteiger partial charge is 0.323 e. The van der Waals surface area contributed by atoms with Gasteiger partial charge in [0.15, 0.2) is 0 Å². The summed E-state index contributed by atoms with van der Waals surface area (Å²) >= 11 is 0. The van der Waals surface area contributed by atoms with Gasteiger partial charge < -0.3 is 31.5 Å². The molecule has 0 aromatic heterocycles. The first-order valence-electron chi connectivity index (χ1n) is 14.9. The van der Waals surface area contributed by atoms with Gasteiger partial charge in [-0.05, 0) is 109 Å². The van der Waals surface area contributed by atoms with Crippen LogP contribution in [-0.2, 0) is 20.2 Å². The van der Waals surface area contributed by atoms with Crippen molar-refractivity contribution in [2.75, 3.05) is 21.3 Å². The maximum Gasteiger partial charge on any atom is 0.323 e. The molecule has 0 atom stereocenters. The number of fused-ring (bicyclic) bond motifs is 2. The lowest BCUT2D eigenvalue weighted by atomic mass is 10.1. The van der Waals surface area contributed by atoms with Gasteiger partial charge in [-0.15, -0.1) is 0 Å². The minimum absolute atomic E-state index is 0.161. The SMILES string of the molecule is O=C(Nc1ccc(C(=O)Nc2ccc(O)c3ccc(S(=O)(=O)O)cc23)cc1)Nc1ccc(C(=O)Nc2ccc(O)c3ccc(S(=O)(=O)O)cc23)cc1. The van der Waals surface area contributed by atoms with E-state index in [2.05, 4.69) is 21.3 Å². The molecule has 264 valence electrons. The number of phenols is 2. The predicted octanol–water partition coefficient (Wildman–Crippen LogP) is 6.05. The van der Waals surface area contributed by atoms with E-state index >= 15 is 0 Å². The molecule has 0 radical (unpaired) electrons. The number of rotatable bonds is 8. The minimum Gasteiger partial charge on any atom is -0.507 e. The molecule has 0 aliphatic heterocycles. The van der Waals surface area contributed by atoms with Gasteiger partial charge in [-0.25, -0.2) is 4.79 Å². The van der Waals surface area contributed by atoms with Crippen LogP contribution in [0.15, 0.2) is 119 Å². The van der Waals surface area contributed by atoms with E-state index in [-0.39, 0.29) is 55.5 Å². The van der Waals surface area contributed by atoms with E-state index in [0.29, 0.717) is 11.4 Å². The Morgan fingerprint density at radius 2 is 0.808 bits per heavy atom. The molecule has 17 heteroatoms. The molecule has 0 unspecified atom stereocenters. The number of hydrogen-bond acceptors (Lipinski definition) is 9. The van der Waals surface area contributed by atoms with Gasteiger partial charge in [0.2, 0.25) is 0 Å². The number of carbonyl (C=O) groups excluding carboxylic acids is 3. The fourth-order valence-corrected chi connectivity index (χ4v) is 6.27. The van der Waals surface area contributed by atoms with Crippen LogP contribution in [0.4, 0.5) is 27.5 Å². The lowest BCUT2D eigenvalue weighted by molar-refractivity contribution is 0.101. The Hall–Kier alpha value is -6.53. The first-order valence-corrected chi connectivity index (χ1v) is 17.8. The molecule has 0 saturated carbocycles. The molecule has 15 nitrogen and oxygen atoms in total. The third-order valence-corrected chi connectivity index (χ3v) is 9.53. The number of nitrogens with one attached hydrogen (secondary N) is 4. The number of amides is 4. The Labute approximate surface area is 295 Å². The highest BCUT2D eigenvalue weighted by Crippen LogP contribution is 2.34. The maximum atomic E-state index is 13.0. The van der Waals surface area contributed by atoms with Crippen molar-refractivity contribution in [1.29, 1.82) is 0 Å². The van der Waals surface area contributed by atoms with E-state index in [1.807, 2.05) is 0 Å². The van der Waals surface area contributed by atoms with Crippen molar-refractivity contribution in [1.82, 2.24) is 0 Å². The Bertz CT molecular complexity index is 2460. The largest absolute Gasteiger partial charge is 0.507 e. The highest BCUT2D eigenvalue weighted by molar-refractivity contribution is 7.86. The summed E-state index contributed by atoms with van der Waals surface area (Å²) in [6, 6.07) is 23.5. The van der Waals surface area contributed by atoms with Crippen LogP contribution in [-0.4, -0.2) is 54.0 Å². The van der Waals surface area contributed by atoms with Crippen molar-refractivity contribution < 1.29 is 50.5 Å². The quantitative estimate of drug-likeness (QED) is 0.0659. The van der Waals surface area contributed by atoms with E-state index in [0.717, 1.165) is 24.3 Å². The Morgan fingerprint density at radius 1 is 0.442 bits per heavy atom. The fourth-order valence-electron chi connectivity index (χ4n) is 5.25. The van der Waals surface area contributed by atoms with Crippen LogP contribution in [0.25, 0.3) is 21.5 Å². The van der Waals surface area contributed by atoms with Crippen LogP contribution < -0.4 is 21.3 Å². The Kier molecular flexibility index (Phi) is 9.26. The summed E-state index contributed by atoms with van der Waals surface area (Å²) < 4.78 is 65.3. The van der Waals surface area contributed by atoms with Gasteiger partial charge in [0, 0.05) is 55.4 Å². The number of hydrogen-bond donors (Lipinski definition) is 8. The zero-order valence-corrected chi connectivity index (χ0v) is 28.0. The molecule has 0 aliphatic carbocycles. The van der Waals surface area contributed by atoms with Crippen LogP contribution in [0, 0.1) is 0 Å². The first kappa shape index (κ1) is 35.3. The first-order chi connectivity index (χ1) is 24.6. The third kappa shape index (κ3) is 7.62. The van der Waals surface area contributed by atoms with Crippen LogP contribution in [0.5, 0.6) is 11.5 Å². The topological polar surface area (TPSA) is 249 Å². The molecule has 0 heterocycles. The molecular weight excluding hydrogens is 717 g/mol. The average molecular weight is 743 g/mol. The van der Waals surface area contributed by atoms with Gasteiger partial charge in [-0.1, -0.05) is 0 Å². The Balaban J connectivity index is 1.08. The average Bonchev–Trinajstić information content (AvgIpc) is 3.10. The summed E-state index contributed by atoms with van der Waals surface area (Å²) in [5, 5.41) is 31.7. The molecule has 6 aromatic rings. The molecule has 4 amide bonds. The van der Waals surface area contributed by atoms with Gasteiger partial charge in [0.25, 0.3) is 32.1 Å². The highest BCUT2D eigenvalue weighted by Gasteiger charge is 2.17. The van der Waals surface area contributed by atoms with E-state index in [1.54, 1.807) is 0 Å². The van der Waals surface area contributed by atoms with E-state index < -0.39 is 47.9 Å². The maximum absolute atomic E-state index is 13.0. The van der Waals surface area contributed by atoms with Crippen molar-refractivity contribution in [3.8, 4) is 11.5 Å². The van der Waals surface area contributed by atoms with Crippen molar-refractivity contribution in [3.05, 3.63) is 120 Å². The summed E-state index contributed by atoms with van der Waals surface area (Å²) in [5.74, 6) is -1.48. The lowest BCUT2D eigenvalue weighted by Crippen LogP contribution is -2.20. The molecule has 0 bridgehead atoms. The number of benzene rings is 6. The number of anilines is 4. The van der Waals surface area contributed by atoms with Gasteiger partial charge >= 0.3 is 6.03 Å². The van der Waals surface area contributed by atoms with Crippen LogP contribution >= 0.6 is 0 Å². The van der Waals surface area contributed by atoms with Crippen molar-refractivity contribution in [3.63, 3.8) is 0 Å². The van der Waals surface area contributed by atoms with Gasteiger partial charge in [-0.2, -0.15) is 16.8 Å². The molecule has 6 rings (SSSR count). The van der Waals surface area contributed by atoms with Crippen molar-refractivity contribution >= 4 is 82.4 Å². The fraction of sp³-hybridized carbons (Fsp3) is 0. The van der Waals surface area contributed by atoms with Gasteiger partial charge in [0.1, 0.15) is 11.5 Å². The van der Waals surface area contributed by atoms with Gasteiger partial charge in [-0.3, -0.25) is 18.7 Å². The second-order valence-electron chi connectivity index (χ2n) is 11.3. The highest BCUT2D eigenvalue weighted by atomic mass is 32.2. The molecular formula is C35H26N4O11S2.